The van der Waals surface area contributed by atoms with Gasteiger partial charge < -0.3 is 9.47 Å². The standard InChI is InChI=1S/C22H30N2O3/c1-14(19-9-18(26-2)4-5-20(19)27-3)23-24-21(25)13-22-10-15-6-16(11-22)8-17(7-15)12-22/h4-5,9,15-17H,6-8,10-13H2,1-3H3,(H,24,25). The molecule has 4 bridgehead atoms. The van der Waals surface area contributed by atoms with Crippen LogP contribution in [0.4, 0.5) is 0 Å². The van der Waals surface area contributed by atoms with Crippen LogP contribution in [0, 0.1) is 23.2 Å². The van der Waals surface area contributed by atoms with Gasteiger partial charge in [-0.1, -0.05) is 0 Å². The molecule has 1 amide bonds. The van der Waals surface area contributed by atoms with Crippen molar-refractivity contribution in [2.45, 2.75) is 51.9 Å². The summed E-state index contributed by atoms with van der Waals surface area (Å²) in [6.07, 6.45) is 8.51. The minimum Gasteiger partial charge on any atom is -0.497 e. The average Bonchev–Trinajstić information content (AvgIpc) is 2.64. The summed E-state index contributed by atoms with van der Waals surface area (Å²) < 4.78 is 10.7. The highest BCUT2D eigenvalue weighted by molar-refractivity contribution is 6.02. The molecular formula is C22H30N2O3. The second-order valence-corrected chi connectivity index (χ2v) is 8.89. The molecule has 1 aromatic rings. The molecule has 0 atom stereocenters. The molecule has 146 valence electrons. The Bertz CT molecular complexity index is 721. The van der Waals surface area contributed by atoms with Gasteiger partial charge in [0.05, 0.1) is 19.9 Å². The zero-order valence-electron chi connectivity index (χ0n) is 16.6. The molecule has 5 rings (SSSR count). The second-order valence-electron chi connectivity index (χ2n) is 8.89. The average molecular weight is 370 g/mol. The smallest absolute Gasteiger partial charge is 0.240 e. The highest BCUT2D eigenvalue weighted by Crippen LogP contribution is 2.61. The first kappa shape index (κ1) is 18.3. The quantitative estimate of drug-likeness (QED) is 0.604. The molecule has 0 unspecified atom stereocenters. The van der Waals surface area contributed by atoms with Crippen molar-refractivity contribution in [3.05, 3.63) is 23.8 Å². The van der Waals surface area contributed by atoms with Gasteiger partial charge in [0.15, 0.2) is 0 Å². The van der Waals surface area contributed by atoms with E-state index in [4.69, 9.17) is 9.47 Å². The van der Waals surface area contributed by atoms with Crippen molar-refractivity contribution in [3.8, 4) is 11.5 Å². The third kappa shape index (κ3) is 3.69. The lowest BCUT2D eigenvalue weighted by atomic mass is 9.49. The number of carbonyl (C=O) groups excluding carboxylic acids is 1. The van der Waals surface area contributed by atoms with Gasteiger partial charge in [0, 0.05) is 12.0 Å². The van der Waals surface area contributed by atoms with Crippen LogP contribution in [0.3, 0.4) is 0 Å². The van der Waals surface area contributed by atoms with E-state index in [1.807, 2.05) is 25.1 Å². The van der Waals surface area contributed by atoms with E-state index >= 15 is 0 Å². The molecule has 5 nitrogen and oxygen atoms in total. The molecule has 0 aliphatic heterocycles. The Balaban J connectivity index is 1.43. The highest BCUT2D eigenvalue weighted by atomic mass is 16.5. The molecule has 4 saturated carbocycles. The lowest BCUT2D eigenvalue weighted by molar-refractivity contribution is -0.129. The van der Waals surface area contributed by atoms with Gasteiger partial charge in [0.1, 0.15) is 11.5 Å². The van der Waals surface area contributed by atoms with E-state index in [0.29, 0.717) is 17.9 Å². The fourth-order valence-electron chi connectivity index (χ4n) is 6.19. The molecule has 4 aliphatic carbocycles. The normalized spacial score (nSPS) is 31.7. The Labute approximate surface area is 161 Å². The fourth-order valence-corrected chi connectivity index (χ4v) is 6.19. The summed E-state index contributed by atoms with van der Waals surface area (Å²) in [5.74, 6) is 4.06. The zero-order valence-corrected chi connectivity index (χ0v) is 16.6. The molecule has 0 heterocycles. The van der Waals surface area contributed by atoms with E-state index in [9.17, 15) is 4.79 Å². The van der Waals surface area contributed by atoms with Gasteiger partial charge in [0.2, 0.25) is 5.91 Å². The molecule has 1 aromatic carbocycles. The van der Waals surface area contributed by atoms with Crippen LogP contribution in [0.2, 0.25) is 0 Å². The predicted molar refractivity (Wildman–Crippen MR) is 105 cm³/mol. The summed E-state index contributed by atoms with van der Waals surface area (Å²) in [4.78, 5) is 12.7. The third-order valence-electron chi connectivity index (χ3n) is 6.85. The van der Waals surface area contributed by atoms with Crippen molar-refractivity contribution in [2.24, 2.45) is 28.3 Å². The lowest BCUT2D eigenvalue weighted by Gasteiger charge is -2.56. The van der Waals surface area contributed by atoms with Gasteiger partial charge in [-0.15, -0.1) is 0 Å². The number of hydrogen-bond donors (Lipinski definition) is 1. The van der Waals surface area contributed by atoms with Crippen LogP contribution in [0.25, 0.3) is 0 Å². The SMILES string of the molecule is COc1ccc(OC)c(C(C)=NNC(=O)CC23CC4CC(CC(C4)C2)C3)c1. The van der Waals surface area contributed by atoms with Crippen LogP contribution >= 0.6 is 0 Å². The van der Waals surface area contributed by atoms with Gasteiger partial charge >= 0.3 is 0 Å². The second kappa shape index (κ2) is 7.17. The summed E-state index contributed by atoms with van der Waals surface area (Å²) in [5, 5.41) is 4.36. The predicted octanol–water partition coefficient (Wildman–Crippen LogP) is 4.15. The molecule has 1 N–H and O–H groups in total. The molecule has 0 radical (unpaired) electrons. The summed E-state index contributed by atoms with van der Waals surface area (Å²) in [6.45, 7) is 1.88. The monoisotopic (exact) mass is 370 g/mol. The van der Waals surface area contributed by atoms with Crippen molar-refractivity contribution in [1.29, 1.82) is 0 Å². The molecule has 4 aliphatic rings. The van der Waals surface area contributed by atoms with Crippen LogP contribution in [-0.4, -0.2) is 25.8 Å². The van der Waals surface area contributed by atoms with Gasteiger partial charge in [0.25, 0.3) is 0 Å². The first-order valence-corrected chi connectivity index (χ1v) is 10.1. The van der Waals surface area contributed by atoms with Crippen LogP contribution in [0.15, 0.2) is 23.3 Å². The minimum absolute atomic E-state index is 0.0400. The number of rotatable bonds is 6. The number of ether oxygens (including phenoxy) is 2. The lowest BCUT2D eigenvalue weighted by Crippen LogP contribution is -2.47. The van der Waals surface area contributed by atoms with E-state index in [0.717, 1.165) is 29.1 Å². The van der Waals surface area contributed by atoms with Gasteiger partial charge in [-0.05, 0) is 86.8 Å². The number of amides is 1. The van der Waals surface area contributed by atoms with Crippen LogP contribution in [0.5, 0.6) is 11.5 Å². The van der Waals surface area contributed by atoms with Crippen molar-refractivity contribution < 1.29 is 14.3 Å². The summed E-state index contributed by atoms with van der Waals surface area (Å²) in [5.41, 5.74) is 4.57. The molecule has 4 fully saturated rings. The number of hydrazone groups is 1. The van der Waals surface area contributed by atoms with Crippen molar-refractivity contribution in [3.63, 3.8) is 0 Å². The molecular weight excluding hydrogens is 340 g/mol. The molecule has 0 aromatic heterocycles. The van der Waals surface area contributed by atoms with Crippen LogP contribution in [-0.2, 0) is 4.79 Å². The molecule has 27 heavy (non-hydrogen) atoms. The van der Waals surface area contributed by atoms with Crippen LogP contribution in [0.1, 0.15) is 57.4 Å². The number of hydrogen-bond acceptors (Lipinski definition) is 4. The van der Waals surface area contributed by atoms with Crippen LogP contribution < -0.4 is 14.9 Å². The Morgan fingerprint density at radius 2 is 1.74 bits per heavy atom. The summed E-state index contributed by atoms with van der Waals surface area (Å²) in [7, 11) is 3.26. The maximum absolute atomic E-state index is 12.7. The van der Waals surface area contributed by atoms with E-state index in [1.165, 1.54) is 38.5 Å². The number of benzene rings is 1. The summed E-state index contributed by atoms with van der Waals surface area (Å²) in [6, 6.07) is 5.58. The first-order valence-electron chi connectivity index (χ1n) is 10.1. The largest absolute Gasteiger partial charge is 0.497 e. The Morgan fingerprint density at radius 1 is 1.11 bits per heavy atom. The molecule has 0 spiro atoms. The Kier molecular flexibility index (Phi) is 4.87. The van der Waals surface area contributed by atoms with E-state index in [1.54, 1.807) is 14.2 Å². The van der Waals surface area contributed by atoms with Crippen molar-refractivity contribution in [1.82, 2.24) is 5.43 Å². The topological polar surface area (TPSA) is 59.9 Å². The number of nitrogens with one attached hydrogen (secondary N) is 1. The van der Waals surface area contributed by atoms with Gasteiger partial charge in [-0.25, -0.2) is 5.43 Å². The first-order chi connectivity index (χ1) is 13.0. The van der Waals surface area contributed by atoms with Gasteiger partial charge in [-0.3, -0.25) is 4.79 Å². The number of carbonyl (C=O) groups is 1. The number of nitrogens with zero attached hydrogens (tertiary/aromatic N) is 1. The van der Waals surface area contributed by atoms with Crippen molar-refractivity contribution in [2.75, 3.05) is 14.2 Å². The zero-order chi connectivity index (χ0) is 19.0. The van der Waals surface area contributed by atoms with Crippen molar-refractivity contribution >= 4 is 11.6 Å². The maximum Gasteiger partial charge on any atom is 0.240 e. The molecule has 5 heteroatoms. The van der Waals surface area contributed by atoms with E-state index in [2.05, 4.69) is 10.5 Å². The van der Waals surface area contributed by atoms with E-state index in [-0.39, 0.29) is 11.3 Å². The van der Waals surface area contributed by atoms with Gasteiger partial charge in [-0.2, -0.15) is 5.10 Å². The van der Waals surface area contributed by atoms with E-state index < -0.39 is 0 Å². The fraction of sp³-hybridized carbons (Fsp3) is 0.636. The third-order valence-corrected chi connectivity index (χ3v) is 6.85. The Hall–Kier alpha value is -2.04. The maximum atomic E-state index is 12.7. The number of methoxy groups -OCH3 is 2. The minimum atomic E-state index is 0.0400. The molecule has 0 saturated heterocycles. The highest BCUT2D eigenvalue weighted by Gasteiger charge is 2.51. The Morgan fingerprint density at radius 3 is 2.30 bits per heavy atom. The summed E-state index contributed by atoms with van der Waals surface area (Å²) >= 11 is 0.